The van der Waals surface area contributed by atoms with Crippen molar-refractivity contribution in [1.82, 2.24) is 9.88 Å². The second kappa shape index (κ2) is 6.50. The Morgan fingerprint density at radius 1 is 1.24 bits per heavy atom. The van der Waals surface area contributed by atoms with Crippen LogP contribution in [0, 0.1) is 0 Å². The van der Waals surface area contributed by atoms with Gasteiger partial charge in [0.05, 0.1) is 0 Å². The van der Waals surface area contributed by atoms with Crippen molar-refractivity contribution in [2.75, 3.05) is 18.4 Å². The van der Waals surface area contributed by atoms with Crippen molar-refractivity contribution in [3.8, 4) is 0 Å². The number of pyridine rings is 1. The molecule has 1 atom stereocenters. The van der Waals surface area contributed by atoms with Crippen LogP contribution in [0.5, 0.6) is 0 Å². The molecule has 0 aliphatic carbocycles. The molecule has 2 heterocycles. The molecule has 0 bridgehead atoms. The van der Waals surface area contributed by atoms with Gasteiger partial charge in [0.2, 0.25) is 0 Å². The topological polar surface area (TPSA) is 45.2 Å². The highest BCUT2D eigenvalue weighted by atomic mass is 16.1. The maximum atomic E-state index is 10.6. The number of hydrogen-bond donors (Lipinski definition) is 1. The van der Waals surface area contributed by atoms with E-state index in [0.717, 1.165) is 38.2 Å². The van der Waals surface area contributed by atoms with Gasteiger partial charge in [-0.1, -0.05) is 30.3 Å². The van der Waals surface area contributed by atoms with Crippen molar-refractivity contribution >= 4 is 12.1 Å². The Labute approximate surface area is 124 Å². The standard InChI is InChI=1S/C17H19N3O/c21-13-15-6-7-17(18-10-15)19-16-8-9-20(12-16)11-14-4-2-1-3-5-14/h1-7,10,13,16H,8-9,11-12H2,(H,18,19). The summed E-state index contributed by atoms with van der Waals surface area (Å²) in [5.74, 6) is 0.840. The first kappa shape index (κ1) is 13.8. The smallest absolute Gasteiger partial charge is 0.151 e. The zero-order valence-corrected chi connectivity index (χ0v) is 11.9. The first-order chi connectivity index (χ1) is 10.3. The number of aldehydes is 1. The third-order valence-electron chi connectivity index (χ3n) is 3.80. The summed E-state index contributed by atoms with van der Waals surface area (Å²) >= 11 is 0. The van der Waals surface area contributed by atoms with Gasteiger partial charge in [0, 0.05) is 37.4 Å². The molecular formula is C17H19N3O. The highest BCUT2D eigenvalue weighted by Crippen LogP contribution is 2.16. The fourth-order valence-electron chi connectivity index (χ4n) is 2.71. The molecule has 2 aromatic rings. The van der Waals surface area contributed by atoms with Gasteiger partial charge in [-0.3, -0.25) is 9.69 Å². The van der Waals surface area contributed by atoms with Crippen LogP contribution >= 0.6 is 0 Å². The summed E-state index contributed by atoms with van der Waals surface area (Å²) in [6.07, 6.45) is 3.53. The maximum absolute atomic E-state index is 10.6. The Morgan fingerprint density at radius 2 is 2.10 bits per heavy atom. The Hall–Kier alpha value is -2.20. The summed E-state index contributed by atoms with van der Waals surface area (Å²) in [5, 5.41) is 3.44. The Kier molecular flexibility index (Phi) is 4.26. The highest BCUT2D eigenvalue weighted by molar-refractivity contribution is 5.74. The van der Waals surface area contributed by atoms with Gasteiger partial charge in [0.15, 0.2) is 6.29 Å². The first-order valence-electron chi connectivity index (χ1n) is 7.27. The number of rotatable bonds is 5. The van der Waals surface area contributed by atoms with Crippen molar-refractivity contribution in [1.29, 1.82) is 0 Å². The van der Waals surface area contributed by atoms with E-state index in [-0.39, 0.29) is 0 Å². The summed E-state index contributed by atoms with van der Waals surface area (Å²) in [6.45, 7) is 3.11. The Bertz CT molecular complexity index is 583. The van der Waals surface area contributed by atoms with E-state index in [4.69, 9.17) is 0 Å². The number of carbonyl (C=O) groups is 1. The number of hydrogen-bond acceptors (Lipinski definition) is 4. The van der Waals surface area contributed by atoms with Crippen molar-refractivity contribution in [2.24, 2.45) is 0 Å². The maximum Gasteiger partial charge on any atom is 0.151 e. The molecule has 4 nitrogen and oxygen atoms in total. The van der Waals surface area contributed by atoms with E-state index in [9.17, 15) is 4.79 Å². The van der Waals surface area contributed by atoms with Gasteiger partial charge >= 0.3 is 0 Å². The molecule has 21 heavy (non-hydrogen) atoms. The Balaban J connectivity index is 1.53. The van der Waals surface area contributed by atoms with Crippen LogP contribution in [0.3, 0.4) is 0 Å². The fourth-order valence-corrected chi connectivity index (χ4v) is 2.71. The van der Waals surface area contributed by atoms with Gasteiger partial charge in [0.1, 0.15) is 5.82 Å². The summed E-state index contributed by atoms with van der Waals surface area (Å²) in [5.41, 5.74) is 1.96. The fraction of sp³-hybridized carbons (Fsp3) is 0.294. The van der Waals surface area contributed by atoms with E-state index >= 15 is 0 Å². The lowest BCUT2D eigenvalue weighted by Gasteiger charge is -2.17. The van der Waals surface area contributed by atoms with Gasteiger partial charge in [-0.05, 0) is 24.1 Å². The number of nitrogens with zero attached hydrogens (tertiary/aromatic N) is 2. The van der Waals surface area contributed by atoms with E-state index in [1.165, 1.54) is 5.56 Å². The SMILES string of the molecule is O=Cc1ccc(NC2CCN(Cc3ccccc3)C2)nc1. The van der Waals surface area contributed by atoms with Crippen LogP contribution in [0.25, 0.3) is 0 Å². The molecule has 1 saturated heterocycles. The van der Waals surface area contributed by atoms with Crippen molar-refractivity contribution in [3.63, 3.8) is 0 Å². The van der Waals surface area contributed by atoms with Crippen LogP contribution in [0.1, 0.15) is 22.3 Å². The molecule has 0 saturated carbocycles. The lowest BCUT2D eigenvalue weighted by molar-refractivity contribution is 0.112. The zero-order chi connectivity index (χ0) is 14.5. The second-order valence-electron chi connectivity index (χ2n) is 5.45. The zero-order valence-electron chi connectivity index (χ0n) is 11.9. The molecule has 1 aromatic heterocycles. The average Bonchev–Trinajstić information content (AvgIpc) is 2.96. The molecular weight excluding hydrogens is 262 g/mol. The van der Waals surface area contributed by atoms with Gasteiger partial charge in [-0.15, -0.1) is 0 Å². The van der Waals surface area contributed by atoms with Crippen molar-refractivity contribution in [3.05, 3.63) is 59.8 Å². The van der Waals surface area contributed by atoms with Crippen molar-refractivity contribution in [2.45, 2.75) is 19.0 Å². The van der Waals surface area contributed by atoms with Crippen LogP contribution in [-0.4, -0.2) is 35.3 Å². The van der Waals surface area contributed by atoms with E-state index in [2.05, 4.69) is 39.5 Å². The van der Waals surface area contributed by atoms with Crippen LogP contribution in [0.4, 0.5) is 5.82 Å². The molecule has 1 aromatic carbocycles. The minimum atomic E-state index is 0.420. The average molecular weight is 281 g/mol. The predicted molar refractivity (Wildman–Crippen MR) is 83.4 cm³/mol. The van der Waals surface area contributed by atoms with Gasteiger partial charge in [-0.25, -0.2) is 4.98 Å². The predicted octanol–water partition coefficient (Wildman–Crippen LogP) is 2.58. The minimum absolute atomic E-state index is 0.420. The summed E-state index contributed by atoms with van der Waals surface area (Å²) < 4.78 is 0. The van der Waals surface area contributed by atoms with Gasteiger partial charge < -0.3 is 5.32 Å². The van der Waals surface area contributed by atoms with Gasteiger partial charge in [-0.2, -0.15) is 0 Å². The highest BCUT2D eigenvalue weighted by Gasteiger charge is 2.22. The van der Waals surface area contributed by atoms with Crippen LogP contribution in [0.2, 0.25) is 0 Å². The summed E-state index contributed by atoms with van der Waals surface area (Å²) in [7, 11) is 0. The first-order valence-corrected chi connectivity index (χ1v) is 7.27. The molecule has 1 fully saturated rings. The quantitative estimate of drug-likeness (QED) is 0.856. The second-order valence-corrected chi connectivity index (χ2v) is 5.45. The number of benzene rings is 1. The third kappa shape index (κ3) is 3.67. The molecule has 0 radical (unpaired) electrons. The normalized spacial score (nSPS) is 18.6. The summed E-state index contributed by atoms with van der Waals surface area (Å²) in [4.78, 5) is 17.3. The molecule has 0 amide bonds. The number of carbonyl (C=O) groups excluding carboxylic acids is 1. The number of nitrogens with one attached hydrogen (secondary N) is 1. The molecule has 108 valence electrons. The van der Waals surface area contributed by atoms with E-state index in [1.54, 1.807) is 12.3 Å². The number of aromatic nitrogens is 1. The molecule has 1 aliphatic rings. The molecule has 1 unspecified atom stereocenters. The monoisotopic (exact) mass is 281 g/mol. The molecule has 1 aliphatic heterocycles. The minimum Gasteiger partial charge on any atom is -0.366 e. The number of likely N-dealkylation sites (tertiary alicyclic amines) is 1. The largest absolute Gasteiger partial charge is 0.366 e. The van der Waals surface area contributed by atoms with Gasteiger partial charge in [0.25, 0.3) is 0 Å². The molecule has 4 heteroatoms. The van der Waals surface area contributed by atoms with E-state index < -0.39 is 0 Å². The lowest BCUT2D eigenvalue weighted by atomic mass is 10.2. The van der Waals surface area contributed by atoms with E-state index in [0.29, 0.717) is 11.6 Å². The van der Waals surface area contributed by atoms with Crippen LogP contribution in [0.15, 0.2) is 48.7 Å². The van der Waals surface area contributed by atoms with Crippen LogP contribution in [-0.2, 0) is 6.54 Å². The molecule has 0 spiro atoms. The third-order valence-corrected chi connectivity index (χ3v) is 3.80. The van der Waals surface area contributed by atoms with Crippen molar-refractivity contribution < 1.29 is 4.79 Å². The Morgan fingerprint density at radius 3 is 2.81 bits per heavy atom. The lowest BCUT2D eigenvalue weighted by Crippen LogP contribution is -2.26. The molecule has 3 rings (SSSR count). The van der Waals surface area contributed by atoms with Crippen LogP contribution < -0.4 is 5.32 Å². The molecule has 1 N–H and O–H groups in total. The van der Waals surface area contributed by atoms with E-state index in [1.807, 2.05) is 12.1 Å². The summed E-state index contributed by atoms with van der Waals surface area (Å²) in [6, 6.07) is 14.6. The number of anilines is 1.